The maximum atomic E-state index is 0. The molecule has 0 amide bonds. The molecular formula is AgAuCoCuPbReTc. The minimum Gasteiger partial charge on any atom is 0 e. The monoisotopic (exact) mass is 918 g/mol. The summed E-state index contributed by atoms with van der Waals surface area (Å²) in [5.41, 5.74) is 0. The molecule has 0 spiro atoms. The molecule has 0 aromatic carbocycles. The van der Waals surface area contributed by atoms with E-state index in [1.165, 1.54) is 0 Å². The molecule has 0 aliphatic carbocycles. The van der Waals surface area contributed by atoms with E-state index in [0.717, 1.165) is 0 Å². The van der Waals surface area contributed by atoms with Crippen LogP contribution in [0.1, 0.15) is 0 Å². The first-order chi connectivity index (χ1) is 0. The van der Waals surface area contributed by atoms with Crippen molar-refractivity contribution in [1.82, 2.24) is 0 Å². The Morgan fingerprint density at radius 3 is 1.00 bits per heavy atom. The summed E-state index contributed by atoms with van der Waals surface area (Å²) in [7, 11) is 0. The van der Waals surface area contributed by atoms with Crippen molar-refractivity contribution in [1.29, 1.82) is 0 Å². The molecule has 0 nitrogen and oxygen atoms in total. The molecule has 0 aromatic rings. The van der Waals surface area contributed by atoms with Crippen LogP contribution in [0.15, 0.2) is 0 Å². The Labute approximate surface area is 143 Å². The molecule has 0 unspecified atom stereocenters. The third-order valence-electron chi connectivity index (χ3n) is 0. The van der Waals surface area contributed by atoms with Crippen molar-refractivity contribution in [3.05, 3.63) is 0 Å². The van der Waals surface area contributed by atoms with Gasteiger partial charge in [0.05, 0.1) is 0 Å². The fourth-order valence-corrected chi connectivity index (χ4v) is 0. The molecule has 0 aromatic heterocycles. The van der Waals surface area contributed by atoms with Gasteiger partial charge in [0.25, 0.3) is 0 Å². The molecule has 0 rings (SSSR count). The molecule has 10 radical (unpaired) electrons. The molecule has 0 aliphatic rings. The van der Waals surface area contributed by atoms with Gasteiger partial charge in [-0.15, -0.1) is 0 Å². The molecule has 60 valence electrons. The van der Waals surface area contributed by atoms with Gasteiger partial charge in [-0.2, -0.15) is 0 Å². The van der Waals surface area contributed by atoms with Crippen LogP contribution in [0.3, 0.4) is 0 Å². The Morgan fingerprint density at radius 1 is 1.00 bits per heavy atom. The minimum atomic E-state index is 0. The Morgan fingerprint density at radius 2 is 1.00 bits per heavy atom. The van der Waals surface area contributed by atoms with Crippen molar-refractivity contribution in [3.8, 4) is 0 Å². The summed E-state index contributed by atoms with van der Waals surface area (Å²) in [6.07, 6.45) is 0. The zero-order valence-electron chi connectivity index (χ0n) is 2.49. The average molecular weight is 919 g/mol. The van der Waals surface area contributed by atoms with Crippen LogP contribution >= 0.6 is 0 Å². The zero-order chi connectivity index (χ0) is 0. The smallest absolute Gasteiger partial charge is 0 e. The molecule has 0 fully saturated rings. The first-order valence-corrected chi connectivity index (χ1v) is 0. The van der Waals surface area contributed by atoms with E-state index in [4.69, 9.17) is 0 Å². The first kappa shape index (κ1) is 60.3. The molecule has 7 heteroatoms. The molecule has 0 aliphatic heterocycles. The molecular weight excluding hydrogens is 919 g/mol. The van der Waals surface area contributed by atoms with E-state index in [0.29, 0.717) is 0 Å². The van der Waals surface area contributed by atoms with E-state index in [1.807, 2.05) is 0 Å². The van der Waals surface area contributed by atoms with E-state index in [9.17, 15) is 0 Å². The second-order valence-electron chi connectivity index (χ2n) is 0. The molecule has 0 saturated heterocycles. The Hall–Kier alpha value is 4.74. The van der Waals surface area contributed by atoms with Crippen molar-refractivity contribution in [2.45, 2.75) is 0 Å². The van der Waals surface area contributed by atoms with Crippen molar-refractivity contribution < 1.29 is 119 Å². The van der Waals surface area contributed by atoms with Crippen molar-refractivity contribution in [2.24, 2.45) is 0 Å². The molecule has 0 bridgehead atoms. The summed E-state index contributed by atoms with van der Waals surface area (Å²) in [4.78, 5) is 0. The van der Waals surface area contributed by atoms with Crippen LogP contribution in [0, 0.1) is 0 Å². The van der Waals surface area contributed by atoms with Gasteiger partial charge in [0.2, 0.25) is 0 Å². The van der Waals surface area contributed by atoms with Crippen LogP contribution in [0.4, 0.5) is 0 Å². The van der Waals surface area contributed by atoms with Gasteiger partial charge in [-0.25, -0.2) is 0 Å². The second-order valence-corrected chi connectivity index (χ2v) is 0. The van der Waals surface area contributed by atoms with Gasteiger partial charge >= 0.3 is 0 Å². The maximum Gasteiger partial charge on any atom is 0 e. The molecule has 7 heavy (non-hydrogen) atoms. The van der Waals surface area contributed by atoms with Crippen LogP contribution < -0.4 is 0 Å². The molecule has 0 atom stereocenters. The molecule has 0 heterocycles. The SMILES string of the molecule is [Ag].[Au].[Co].[Cu].[Pb].[Re].[Tc]. The summed E-state index contributed by atoms with van der Waals surface area (Å²) in [6, 6.07) is 0. The van der Waals surface area contributed by atoms with Crippen molar-refractivity contribution in [2.75, 3.05) is 0 Å². The van der Waals surface area contributed by atoms with E-state index in [2.05, 4.69) is 0 Å². The standard InChI is InChI=1S/Ag.Au.Co.Cu.Pb.Re.Tc. The minimum absolute atomic E-state index is 0. The average Bonchev–Trinajstić information content (AvgIpc) is 0. The van der Waals surface area contributed by atoms with E-state index in [-0.39, 0.29) is 146 Å². The van der Waals surface area contributed by atoms with Crippen LogP contribution in [0.5, 0.6) is 0 Å². The fraction of sp³-hybridized carbons (Fsp3) is 0. The summed E-state index contributed by atoms with van der Waals surface area (Å²) in [6.45, 7) is 0. The second kappa shape index (κ2) is 45.3. The third kappa shape index (κ3) is 36.5. The molecule has 0 N–H and O–H groups in total. The quantitative estimate of drug-likeness (QED) is 0.291. The van der Waals surface area contributed by atoms with Gasteiger partial charge in [0.15, 0.2) is 0 Å². The summed E-state index contributed by atoms with van der Waals surface area (Å²) in [5, 5.41) is 0. The van der Waals surface area contributed by atoms with Crippen LogP contribution in [-0.4, -0.2) is 27.3 Å². The summed E-state index contributed by atoms with van der Waals surface area (Å²) in [5.74, 6) is 0. The largest absolute Gasteiger partial charge is 0 e. The number of rotatable bonds is 0. The van der Waals surface area contributed by atoms with Gasteiger partial charge in [-0.1, -0.05) is 0 Å². The van der Waals surface area contributed by atoms with Crippen LogP contribution in [0.25, 0.3) is 0 Å². The topological polar surface area (TPSA) is 0 Å². The van der Waals surface area contributed by atoms with Gasteiger partial charge in [-0.3, -0.25) is 0 Å². The van der Waals surface area contributed by atoms with E-state index < -0.39 is 0 Å². The number of hydrogen-bond donors (Lipinski definition) is 0. The first-order valence-electron chi connectivity index (χ1n) is 0. The van der Waals surface area contributed by atoms with Gasteiger partial charge in [0, 0.05) is 146 Å². The van der Waals surface area contributed by atoms with Gasteiger partial charge in [0.1, 0.15) is 0 Å². The van der Waals surface area contributed by atoms with Gasteiger partial charge in [-0.05, 0) is 0 Å². The van der Waals surface area contributed by atoms with Crippen LogP contribution in [0.2, 0.25) is 0 Å². The van der Waals surface area contributed by atoms with Crippen molar-refractivity contribution >= 4 is 27.3 Å². The summed E-state index contributed by atoms with van der Waals surface area (Å²) >= 11 is 0. The molecule has 0 saturated carbocycles. The Balaban J connectivity index is 0. The van der Waals surface area contributed by atoms with Crippen LogP contribution in [-0.2, 0) is 119 Å². The summed E-state index contributed by atoms with van der Waals surface area (Å²) < 4.78 is 0. The Bertz CT molecular complexity index is 19.7. The maximum absolute atomic E-state index is 0. The van der Waals surface area contributed by atoms with Gasteiger partial charge < -0.3 is 0 Å². The fourth-order valence-electron chi connectivity index (χ4n) is 0. The Kier molecular flexibility index (Phi) is 390. The number of hydrogen-bond acceptors (Lipinski definition) is 0. The predicted molar refractivity (Wildman–Crippen MR) is 5.75 cm³/mol. The van der Waals surface area contributed by atoms with Crippen molar-refractivity contribution in [3.63, 3.8) is 0 Å². The third-order valence-corrected chi connectivity index (χ3v) is 0. The predicted octanol–water partition coefficient (Wildman–Crippen LogP) is -0.396. The van der Waals surface area contributed by atoms with E-state index >= 15 is 0 Å². The zero-order valence-corrected chi connectivity index (χ0v) is 16.6. The normalized spacial score (nSPS) is 0. The van der Waals surface area contributed by atoms with E-state index in [1.54, 1.807) is 0 Å².